The third-order valence-corrected chi connectivity index (χ3v) is 3.25. The molecule has 2 nitrogen and oxygen atoms in total. The summed E-state index contributed by atoms with van der Waals surface area (Å²) in [6.07, 6.45) is 0. The molecule has 0 aromatic heterocycles. The second-order valence-corrected chi connectivity index (χ2v) is 4.71. The van der Waals surface area contributed by atoms with E-state index in [2.05, 4.69) is 5.32 Å². The number of anilines is 1. The zero-order valence-corrected chi connectivity index (χ0v) is 10.4. The second-order valence-electron chi connectivity index (χ2n) is 3.66. The number of carbonyl (C=O) groups excluding carboxylic acids is 1. The van der Waals surface area contributed by atoms with E-state index < -0.39 is 0 Å². The van der Waals surface area contributed by atoms with Crippen LogP contribution in [-0.2, 0) is 4.79 Å². The first-order valence-corrected chi connectivity index (χ1v) is 6.46. The predicted octanol–water partition coefficient (Wildman–Crippen LogP) is 3.56. The molecule has 92 valence electrons. The number of halogens is 1. The Morgan fingerprint density at radius 3 is 2.39 bits per heavy atom. The molecule has 0 aliphatic heterocycles. The number of rotatable bonds is 4. The van der Waals surface area contributed by atoms with Crippen molar-refractivity contribution in [2.75, 3.05) is 11.1 Å². The molecule has 0 aliphatic rings. The predicted molar refractivity (Wildman–Crippen MR) is 72.2 cm³/mol. The van der Waals surface area contributed by atoms with Gasteiger partial charge < -0.3 is 5.32 Å². The molecule has 0 saturated heterocycles. The summed E-state index contributed by atoms with van der Waals surface area (Å²) >= 11 is 1.46. The van der Waals surface area contributed by atoms with E-state index in [1.54, 1.807) is 12.1 Å². The molecule has 0 saturated carbocycles. The third kappa shape index (κ3) is 3.89. The maximum absolute atomic E-state index is 12.7. The quantitative estimate of drug-likeness (QED) is 0.853. The maximum atomic E-state index is 12.7. The highest BCUT2D eigenvalue weighted by atomic mass is 32.2. The minimum Gasteiger partial charge on any atom is -0.325 e. The SMILES string of the molecule is O=C(CSc1ccccc1)Nc1ccc(F)cc1. The Labute approximate surface area is 109 Å². The molecule has 18 heavy (non-hydrogen) atoms. The van der Waals surface area contributed by atoms with Gasteiger partial charge in [-0.25, -0.2) is 4.39 Å². The molecule has 0 bridgehead atoms. The molecular weight excluding hydrogens is 249 g/mol. The lowest BCUT2D eigenvalue weighted by molar-refractivity contribution is -0.113. The molecule has 4 heteroatoms. The Morgan fingerprint density at radius 1 is 1.06 bits per heavy atom. The summed E-state index contributed by atoms with van der Waals surface area (Å²) in [4.78, 5) is 12.7. The van der Waals surface area contributed by atoms with Gasteiger partial charge in [0.05, 0.1) is 5.75 Å². The van der Waals surface area contributed by atoms with Crippen molar-refractivity contribution in [3.05, 3.63) is 60.4 Å². The fourth-order valence-corrected chi connectivity index (χ4v) is 2.12. The molecule has 0 fully saturated rings. The van der Waals surface area contributed by atoms with E-state index in [0.29, 0.717) is 11.4 Å². The summed E-state index contributed by atoms with van der Waals surface area (Å²) in [6, 6.07) is 15.4. The summed E-state index contributed by atoms with van der Waals surface area (Å²) in [7, 11) is 0. The van der Waals surface area contributed by atoms with E-state index in [9.17, 15) is 9.18 Å². The van der Waals surface area contributed by atoms with Crippen LogP contribution >= 0.6 is 11.8 Å². The zero-order valence-electron chi connectivity index (χ0n) is 9.60. The van der Waals surface area contributed by atoms with Gasteiger partial charge in [0.25, 0.3) is 0 Å². The summed E-state index contributed by atoms with van der Waals surface area (Å²) in [5, 5.41) is 2.71. The van der Waals surface area contributed by atoms with Crippen LogP contribution in [0.25, 0.3) is 0 Å². The zero-order chi connectivity index (χ0) is 12.8. The van der Waals surface area contributed by atoms with E-state index in [-0.39, 0.29) is 11.7 Å². The van der Waals surface area contributed by atoms with Crippen molar-refractivity contribution in [3.63, 3.8) is 0 Å². The lowest BCUT2D eigenvalue weighted by Gasteiger charge is -2.04. The molecule has 1 N–H and O–H groups in total. The van der Waals surface area contributed by atoms with E-state index >= 15 is 0 Å². The van der Waals surface area contributed by atoms with Crippen molar-refractivity contribution in [3.8, 4) is 0 Å². The highest BCUT2D eigenvalue weighted by molar-refractivity contribution is 8.00. The van der Waals surface area contributed by atoms with Gasteiger partial charge in [-0.2, -0.15) is 0 Å². The minimum absolute atomic E-state index is 0.101. The highest BCUT2D eigenvalue weighted by Crippen LogP contribution is 2.17. The molecule has 0 unspecified atom stereocenters. The Balaban J connectivity index is 1.84. The standard InChI is InChI=1S/C14H12FNOS/c15-11-6-8-12(9-7-11)16-14(17)10-18-13-4-2-1-3-5-13/h1-9H,10H2,(H,16,17). The van der Waals surface area contributed by atoms with E-state index in [1.165, 1.54) is 23.9 Å². The summed E-state index contributed by atoms with van der Waals surface area (Å²) < 4.78 is 12.7. The largest absolute Gasteiger partial charge is 0.325 e. The number of thioether (sulfide) groups is 1. The lowest BCUT2D eigenvalue weighted by atomic mass is 10.3. The number of hydrogen-bond donors (Lipinski definition) is 1. The van der Waals surface area contributed by atoms with Crippen molar-refractivity contribution >= 4 is 23.4 Å². The Hall–Kier alpha value is -1.81. The van der Waals surface area contributed by atoms with E-state index in [1.807, 2.05) is 30.3 Å². The van der Waals surface area contributed by atoms with Gasteiger partial charge >= 0.3 is 0 Å². The average molecular weight is 261 g/mol. The van der Waals surface area contributed by atoms with Crippen LogP contribution in [0.2, 0.25) is 0 Å². The minimum atomic E-state index is -0.313. The molecule has 0 radical (unpaired) electrons. The Kier molecular flexibility index (Phi) is 4.36. The molecule has 2 aromatic rings. The average Bonchev–Trinajstić information content (AvgIpc) is 2.40. The van der Waals surface area contributed by atoms with Gasteiger partial charge in [0.2, 0.25) is 5.91 Å². The van der Waals surface area contributed by atoms with Gasteiger partial charge in [0.1, 0.15) is 5.82 Å². The molecule has 2 aromatic carbocycles. The monoisotopic (exact) mass is 261 g/mol. The van der Waals surface area contributed by atoms with Gasteiger partial charge in [0, 0.05) is 10.6 Å². The molecule has 2 rings (SSSR count). The van der Waals surface area contributed by atoms with Crippen LogP contribution in [-0.4, -0.2) is 11.7 Å². The Bertz CT molecular complexity index is 513. The summed E-state index contributed by atoms with van der Waals surface area (Å²) in [5.41, 5.74) is 0.607. The topological polar surface area (TPSA) is 29.1 Å². The molecular formula is C14H12FNOS. The lowest BCUT2D eigenvalue weighted by Crippen LogP contribution is -2.13. The van der Waals surface area contributed by atoms with Crippen LogP contribution in [0.3, 0.4) is 0 Å². The molecule has 1 amide bonds. The molecule has 0 heterocycles. The van der Waals surface area contributed by atoms with Crippen LogP contribution in [0, 0.1) is 5.82 Å². The number of nitrogens with one attached hydrogen (secondary N) is 1. The first-order valence-electron chi connectivity index (χ1n) is 5.47. The van der Waals surface area contributed by atoms with E-state index in [4.69, 9.17) is 0 Å². The fraction of sp³-hybridized carbons (Fsp3) is 0.0714. The van der Waals surface area contributed by atoms with Gasteiger partial charge in [-0.3, -0.25) is 4.79 Å². The number of benzene rings is 2. The second kappa shape index (κ2) is 6.21. The van der Waals surface area contributed by atoms with Crippen LogP contribution in [0.1, 0.15) is 0 Å². The van der Waals surface area contributed by atoms with Crippen LogP contribution < -0.4 is 5.32 Å². The van der Waals surface area contributed by atoms with Crippen molar-refractivity contribution in [1.82, 2.24) is 0 Å². The smallest absolute Gasteiger partial charge is 0.234 e. The summed E-state index contributed by atoms with van der Waals surface area (Å²) in [6.45, 7) is 0. The van der Waals surface area contributed by atoms with Gasteiger partial charge in [0.15, 0.2) is 0 Å². The fourth-order valence-electron chi connectivity index (χ4n) is 1.40. The first-order chi connectivity index (χ1) is 8.74. The van der Waals surface area contributed by atoms with E-state index in [0.717, 1.165) is 4.90 Å². The van der Waals surface area contributed by atoms with Gasteiger partial charge in [-0.05, 0) is 36.4 Å². The first kappa shape index (κ1) is 12.6. The van der Waals surface area contributed by atoms with Crippen LogP contribution in [0.4, 0.5) is 10.1 Å². The van der Waals surface area contributed by atoms with Crippen molar-refractivity contribution in [2.24, 2.45) is 0 Å². The molecule has 0 spiro atoms. The van der Waals surface area contributed by atoms with Crippen molar-refractivity contribution in [1.29, 1.82) is 0 Å². The third-order valence-electron chi connectivity index (χ3n) is 2.24. The van der Waals surface area contributed by atoms with Gasteiger partial charge in [-0.15, -0.1) is 11.8 Å². The molecule has 0 atom stereocenters. The van der Waals surface area contributed by atoms with Gasteiger partial charge in [-0.1, -0.05) is 18.2 Å². The van der Waals surface area contributed by atoms with Crippen molar-refractivity contribution < 1.29 is 9.18 Å². The number of amides is 1. The highest BCUT2D eigenvalue weighted by Gasteiger charge is 2.03. The number of hydrogen-bond acceptors (Lipinski definition) is 2. The van der Waals surface area contributed by atoms with Crippen LogP contribution in [0.15, 0.2) is 59.5 Å². The maximum Gasteiger partial charge on any atom is 0.234 e. The Morgan fingerprint density at radius 2 is 1.72 bits per heavy atom. The molecule has 0 aliphatic carbocycles. The summed E-state index contributed by atoms with van der Waals surface area (Å²) in [5.74, 6) is -0.0800. The number of carbonyl (C=O) groups is 1. The van der Waals surface area contributed by atoms with Crippen molar-refractivity contribution in [2.45, 2.75) is 4.90 Å². The normalized spacial score (nSPS) is 10.1. The van der Waals surface area contributed by atoms with Crippen LogP contribution in [0.5, 0.6) is 0 Å².